The average molecular weight is 962 g/mol. The van der Waals surface area contributed by atoms with Crippen molar-refractivity contribution in [2.24, 2.45) is 0 Å². The fourth-order valence-electron chi connectivity index (χ4n) is 8.03. The van der Waals surface area contributed by atoms with E-state index in [1.54, 1.807) is 0 Å². The van der Waals surface area contributed by atoms with Gasteiger partial charge in [-0.1, -0.05) is 241 Å². The molecule has 0 aromatic rings. The normalized spacial score (nSPS) is 12.7. The minimum atomic E-state index is -0.796. The minimum Gasteiger partial charge on any atom is -0.462 e. The summed E-state index contributed by atoms with van der Waals surface area (Å²) in [7, 11) is 0. The van der Waals surface area contributed by atoms with Crippen molar-refractivity contribution in [2.45, 2.75) is 284 Å². The molecule has 0 fully saturated rings. The zero-order chi connectivity index (χ0) is 50.0. The lowest BCUT2D eigenvalue weighted by Crippen LogP contribution is -2.30. The van der Waals surface area contributed by atoms with Crippen molar-refractivity contribution in [3.05, 3.63) is 85.1 Å². The average Bonchev–Trinajstić information content (AvgIpc) is 3.35. The van der Waals surface area contributed by atoms with Gasteiger partial charge in [-0.15, -0.1) is 0 Å². The van der Waals surface area contributed by atoms with Crippen LogP contribution in [0.25, 0.3) is 0 Å². The Hall–Kier alpha value is -3.41. The number of esters is 3. The van der Waals surface area contributed by atoms with Crippen LogP contribution in [0, 0.1) is 0 Å². The molecule has 0 N–H and O–H groups in total. The van der Waals surface area contributed by atoms with Gasteiger partial charge in [0.25, 0.3) is 0 Å². The second kappa shape index (κ2) is 57.2. The maximum Gasteiger partial charge on any atom is 0.306 e. The van der Waals surface area contributed by atoms with E-state index < -0.39 is 6.10 Å². The van der Waals surface area contributed by atoms with Gasteiger partial charge in [0.05, 0.1) is 0 Å². The summed E-state index contributed by atoms with van der Waals surface area (Å²) in [4.78, 5) is 38.2. The standard InChI is InChI=1S/C63H108O6/c1-4-7-10-13-16-19-22-25-28-30-32-34-35-38-41-44-47-50-53-56-62(65)68-59-60(58-67-61(64)55-52-49-46-43-40-37-27-24-21-18-15-12-9-6-3)69-63(66)57-54-51-48-45-42-39-36-33-31-29-26-23-20-17-14-11-8-5-2/h9,12,16,18-19,21-22,25,27,29,31,33,36-37,60H,4-8,10-11,13-15,17,20,23-24,26,28,30,32,34-35,38-59H2,1-3H3/b12-9-,19-16-,21-18-,25-22-,31-29-,36-33-,37-27-. The van der Waals surface area contributed by atoms with Crippen LogP contribution in [-0.2, 0) is 28.6 Å². The van der Waals surface area contributed by atoms with Gasteiger partial charge in [-0.3, -0.25) is 14.4 Å². The van der Waals surface area contributed by atoms with Gasteiger partial charge >= 0.3 is 17.9 Å². The van der Waals surface area contributed by atoms with E-state index in [4.69, 9.17) is 14.2 Å². The number of carbonyl (C=O) groups excluding carboxylic acids is 3. The predicted octanol–water partition coefficient (Wildman–Crippen LogP) is 19.5. The van der Waals surface area contributed by atoms with Crippen molar-refractivity contribution in [3.8, 4) is 0 Å². The molecule has 0 aliphatic carbocycles. The van der Waals surface area contributed by atoms with Crippen molar-refractivity contribution in [1.82, 2.24) is 0 Å². The number of ether oxygens (including phenoxy) is 3. The first-order chi connectivity index (χ1) is 34.0. The van der Waals surface area contributed by atoms with Crippen LogP contribution in [-0.4, -0.2) is 37.2 Å². The van der Waals surface area contributed by atoms with E-state index in [0.717, 1.165) is 109 Å². The summed E-state index contributed by atoms with van der Waals surface area (Å²) in [6.45, 7) is 6.47. The third-order valence-electron chi connectivity index (χ3n) is 12.4. The SMILES string of the molecule is CC/C=C\C/C=C\C/C=C\CCCCCCC(=O)OCC(COC(=O)CCCCCCCCCCCC/C=C\C=C/CCCCC)OC(=O)CCCCCCC/C=C\C=C/CCCCCCCCC. The molecule has 0 aliphatic rings. The van der Waals surface area contributed by atoms with Crippen LogP contribution in [0.5, 0.6) is 0 Å². The third kappa shape index (κ3) is 55.4. The monoisotopic (exact) mass is 961 g/mol. The van der Waals surface area contributed by atoms with E-state index >= 15 is 0 Å². The smallest absolute Gasteiger partial charge is 0.306 e. The van der Waals surface area contributed by atoms with Crippen molar-refractivity contribution in [1.29, 1.82) is 0 Å². The van der Waals surface area contributed by atoms with Gasteiger partial charge in [0.2, 0.25) is 0 Å². The second-order valence-corrected chi connectivity index (χ2v) is 19.2. The van der Waals surface area contributed by atoms with Crippen molar-refractivity contribution in [3.63, 3.8) is 0 Å². The van der Waals surface area contributed by atoms with E-state index in [1.165, 1.54) is 128 Å². The number of unbranched alkanes of at least 4 members (excludes halogenated alkanes) is 29. The molecule has 0 aromatic heterocycles. The second-order valence-electron chi connectivity index (χ2n) is 19.2. The van der Waals surface area contributed by atoms with E-state index in [2.05, 4.69) is 106 Å². The molecule has 0 radical (unpaired) electrons. The maximum absolute atomic E-state index is 12.9. The third-order valence-corrected chi connectivity index (χ3v) is 12.4. The summed E-state index contributed by atoms with van der Waals surface area (Å²) in [5, 5.41) is 0. The molecule has 1 unspecified atom stereocenters. The Bertz CT molecular complexity index is 1330. The summed E-state index contributed by atoms with van der Waals surface area (Å²) in [6, 6.07) is 0. The molecule has 0 saturated carbocycles. The molecule has 0 heterocycles. The molecule has 0 bridgehead atoms. The first-order valence-electron chi connectivity index (χ1n) is 29.1. The molecule has 0 aliphatic heterocycles. The molecule has 6 nitrogen and oxygen atoms in total. The van der Waals surface area contributed by atoms with Gasteiger partial charge in [0.1, 0.15) is 13.2 Å². The van der Waals surface area contributed by atoms with Crippen LogP contribution < -0.4 is 0 Å². The van der Waals surface area contributed by atoms with Crippen LogP contribution in [0.4, 0.5) is 0 Å². The first-order valence-corrected chi connectivity index (χ1v) is 29.1. The lowest BCUT2D eigenvalue weighted by atomic mass is 10.1. The quantitative estimate of drug-likeness (QED) is 0.0199. The van der Waals surface area contributed by atoms with Crippen LogP contribution in [0.2, 0.25) is 0 Å². The molecule has 6 heteroatoms. The molecule has 0 rings (SSSR count). The Labute approximate surface area is 426 Å². The molecule has 1 atom stereocenters. The number of carbonyl (C=O) groups is 3. The first kappa shape index (κ1) is 65.6. The lowest BCUT2D eigenvalue weighted by molar-refractivity contribution is -0.167. The lowest BCUT2D eigenvalue weighted by Gasteiger charge is -2.18. The fourth-order valence-corrected chi connectivity index (χ4v) is 8.03. The summed E-state index contributed by atoms with van der Waals surface area (Å²) in [5.41, 5.74) is 0. The van der Waals surface area contributed by atoms with Crippen LogP contribution in [0.3, 0.4) is 0 Å². The van der Waals surface area contributed by atoms with Gasteiger partial charge in [-0.05, 0) is 103 Å². The van der Waals surface area contributed by atoms with Crippen LogP contribution >= 0.6 is 0 Å². The Balaban J connectivity index is 4.43. The highest BCUT2D eigenvalue weighted by Gasteiger charge is 2.19. The van der Waals surface area contributed by atoms with Crippen LogP contribution in [0.15, 0.2) is 85.1 Å². The van der Waals surface area contributed by atoms with E-state index in [1.807, 2.05) is 0 Å². The molecule has 0 aromatic carbocycles. The molecular formula is C63H108O6. The Morgan fingerprint density at radius 3 is 1.00 bits per heavy atom. The van der Waals surface area contributed by atoms with Gasteiger partial charge < -0.3 is 14.2 Å². The Morgan fingerprint density at radius 1 is 0.319 bits per heavy atom. The number of rotatable bonds is 52. The highest BCUT2D eigenvalue weighted by atomic mass is 16.6. The number of allylic oxidation sites excluding steroid dienone is 14. The summed E-state index contributed by atoms with van der Waals surface area (Å²) in [5.74, 6) is -0.927. The molecular weight excluding hydrogens is 853 g/mol. The minimum absolute atomic E-state index is 0.0919. The molecule has 0 amide bonds. The summed E-state index contributed by atoms with van der Waals surface area (Å²) < 4.78 is 16.8. The highest BCUT2D eigenvalue weighted by molar-refractivity contribution is 5.71. The molecule has 0 saturated heterocycles. The van der Waals surface area contributed by atoms with Gasteiger partial charge in [-0.2, -0.15) is 0 Å². The van der Waals surface area contributed by atoms with Gasteiger partial charge in [0, 0.05) is 19.3 Å². The van der Waals surface area contributed by atoms with E-state index in [9.17, 15) is 14.4 Å². The highest BCUT2D eigenvalue weighted by Crippen LogP contribution is 2.15. The fraction of sp³-hybridized carbons (Fsp3) is 0.730. The summed E-state index contributed by atoms with van der Waals surface area (Å²) in [6.07, 6.45) is 74.3. The van der Waals surface area contributed by atoms with Crippen molar-refractivity contribution < 1.29 is 28.6 Å². The Morgan fingerprint density at radius 2 is 0.609 bits per heavy atom. The molecule has 0 spiro atoms. The maximum atomic E-state index is 12.9. The predicted molar refractivity (Wildman–Crippen MR) is 297 cm³/mol. The number of hydrogen-bond acceptors (Lipinski definition) is 6. The Kier molecular flexibility index (Phi) is 54.3. The van der Waals surface area contributed by atoms with E-state index in [-0.39, 0.29) is 31.1 Å². The van der Waals surface area contributed by atoms with Gasteiger partial charge in [-0.25, -0.2) is 0 Å². The van der Waals surface area contributed by atoms with Gasteiger partial charge in [0.15, 0.2) is 6.10 Å². The zero-order valence-corrected chi connectivity index (χ0v) is 45.3. The van der Waals surface area contributed by atoms with Crippen molar-refractivity contribution >= 4 is 17.9 Å². The largest absolute Gasteiger partial charge is 0.462 e. The molecule has 396 valence electrons. The van der Waals surface area contributed by atoms with Crippen LogP contribution in [0.1, 0.15) is 278 Å². The van der Waals surface area contributed by atoms with Crippen molar-refractivity contribution in [2.75, 3.05) is 13.2 Å². The van der Waals surface area contributed by atoms with E-state index in [0.29, 0.717) is 19.3 Å². The summed E-state index contributed by atoms with van der Waals surface area (Å²) >= 11 is 0. The zero-order valence-electron chi connectivity index (χ0n) is 45.3. The topological polar surface area (TPSA) is 78.9 Å². The molecule has 69 heavy (non-hydrogen) atoms. The number of hydrogen-bond donors (Lipinski definition) is 0.